The van der Waals surface area contributed by atoms with Gasteiger partial charge in [0.15, 0.2) is 0 Å². The largest absolute Gasteiger partial charge is 0.508 e. The summed E-state index contributed by atoms with van der Waals surface area (Å²) < 4.78 is 0. The molecule has 1 aromatic carbocycles. The lowest BCUT2D eigenvalue weighted by molar-refractivity contribution is 0.0794. The summed E-state index contributed by atoms with van der Waals surface area (Å²) in [7, 11) is 1.87. The van der Waals surface area contributed by atoms with E-state index in [-0.39, 0.29) is 23.0 Å². The average molecular weight is 375 g/mol. The number of aliphatic hydroxyl groups excluding tert-OH is 1. The lowest BCUT2D eigenvalue weighted by Crippen LogP contribution is -2.49. The van der Waals surface area contributed by atoms with Gasteiger partial charge in [-0.25, -0.2) is 4.79 Å². The van der Waals surface area contributed by atoms with Crippen LogP contribution in [0.1, 0.15) is 57.6 Å². The summed E-state index contributed by atoms with van der Waals surface area (Å²) in [6.07, 6.45) is 3.83. The van der Waals surface area contributed by atoms with Crippen LogP contribution < -0.4 is 0 Å². The Morgan fingerprint density at radius 2 is 1.93 bits per heavy atom. The number of phenols is 1. The van der Waals surface area contributed by atoms with Crippen molar-refractivity contribution < 1.29 is 15.0 Å². The van der Waals surface area contributed by atoms with Crippen molar-refractivity contribution in [2.24, 2.45) is 5.41 Å². The first-order valence-corrected chi connectivity index (χ1v) is 10.2. The van der Waals surface area contributed by atoms with E-state index in [0.717, 1.165) is 24.8 Å². The maximum absolute atomic E-state index is 12.8. The number of urea groups is 1. The summed E-state index contributed by atoms with van der Waals surface area (Å²) in [6, 6.07) is 5.90. The van der Waals surface area contributed by atoms with Crippen molar-refractivity contribution in [3.63, 3.8) is 0 Å². The number of piperidine rings is 1. The number of hydrogen-bond acceptors (Lipinski definition) is 3. The molecule has 1 aliphatic heterocycles. The van der Waals surface area contributed by atoms with Crippen molar-refractivity contribution in [3.05, 3.63) is 29.3 Å². The van der Waals surface area contributed by atoms with E-state index in [2.05, 4.69) is 26.8 Å². The number of nitrogens with zero attached hydrogens (tertiary/aromatic N) is 2. The molecule has 1 aromatic rings. The van der Waals surface area contributed by atoms with Crippen LogP contribution in [0.25, 0.3) is 0 Å². The minimum atomic E-state index is -0.273. The number of hydrogen-bond donors (Lipinski definition) is 2. The van der Waals surface area contributed by atoms with Gasteiger partial charge in [-0.3, -0.25) is 0 Å². The number of phenolic OH excluding ortho intramolecular Hbond substituents is 1. The van der Waals surface area contributed by atoms with E-state index >= 15 is 0 Å². The lowest BCUT2D eigenvalue weighted by atomic mass is 9.55. The molecule has 1 heterocycles. The predicted molar refractivity (Wildman–Crippen MR) is 107 cm³/mol. The molecule has 0 bridgehead atoms. The molecule has 3 rings (SSSR count). The van der Waals surface area contributed by atoms with Crippen LogP contribution in [0.2, 0.25) is 0 Å². The molecule has 1 aliphatic carbocycles. The molecule has 2 aliphatic rings. The first-order chi connectivity index (χ1) is 12.7. The molecule has 150 valence electrons. The molecular weight excluding hydrogens is 340 g/mol. The van der Waals surface area contributed by atoms with Gasteiger partial charge in [0.1, 0.15) is 5.75 Å². The Balaban J connectivity index is 1.74. The number of likely N-dealkylation sites (tertiary alicyclic amines) is 1. The molecule has 1 fully saturated rings. The molecule has 5 nitrogen and oxygen atoms in total. The third-order valence-corrected chi connectivity index (χ3v) is 7.25. The summed E-state index contributed by atoms with van der Waals surface area (Å²) in [4.78, 5) is 16.4. The Kier molecular flexibility index (Phi) is 5.44. The fourth-order valence-electron chi connectivity index (χ4n) is 4.69. The third kappa shape index (κ3) is 3.66. The van der Waals surface area contributed by atoms with E-state index in [1.54, 1.807) is 6.07 Å². The van der Waals surface area contributed by atoms with E-state index in [1.165, 1.54) is 5.56 Å². The highest BCUT2D eigenvalue weighted by molar-refractivity contribution is 5.74. The van der Waals surface area contributed by atoms with E-state index in [1.807, 2.05) is 22.9 Å². The van der Waals surface area contributed by atoms with E-state index in [0.29, 0.717) is 38.2 Å². The molecule has 0 unspecified atom stereocenters. The molecule has 0 spiro atoms. The van der Waals surface area contributed by atoms with Crippen LogP contribution in [0.3, 0.4) is 0 Å². The molecule has 2 amide bonds. The molecule has 0 radical (unpaired) electrons. The number of rotatable bonds is 3. The minimum Gasteiger partial charge on any atom is -0.508 e. The van der Waals surface area contributed by atoms with E-state index in [4.69, 9.17) is 0 Å². The highest BCUT2D eigenvalue weighted by Crippen LogP contribution is 2.53. The number of benzene rings is 1. The van der Waals surface area contributed by atoms with Crippen LogP contribution in [0, 0.1) is 5.41 Å². The van der Waals surface area contributed by atoms with Crippen LogP contribution in [0.5, 0.6) is 5.75 Å². The first-order valence-electron chi connectivity index (χ1n) is 10.2. The topological polar surface area (TPSA) is 64.0 Å². The van der Waals surface area contributed by atoms with E-state index in [9.17, 15) is 15.0 Å². The summed E-state index contributed by atoms with van der Waals surface area (Å²) in [5.74, 6) is 0.394. The standard InChI is InChI=1S/C22H34N2O3/c1-21(2)11-8-17-18(6-5-7-19(17)26)22(21,3)12-15-23(4)20(27)24-13-9-16(25)10-14-24/h5-7,16,25-26H,8-15H2,1-4H3/t22-/m0/s1. The molecule has 27 heavy (non-hydrogen) atoms. The Hall–Kier alpha value is -1.75. The second-order valence-corrected chi connectivity index (χ2v) is 9.19. The van der Waals surface area contributed by atoms with Gasteiger partial charge in [-0.15, -0.1) is 0 Å². The number of carbonyl (C=O) groups is 1. The highest BCUT2D eigenvalue weighted by Gasteiger charge is 2.46. The number of fused-ring (bicyclic) bond motifs is 1. The maximum atomic E-state index is 12.8. The Bertz CT molecular complexity index is 695. The summed E-state index contributed by atoms with van der Waals surface area (Å²) in [5, 5.41) is 20.0. The van der Waals surface area contributed by atoms with Crippen molar-refractivity contribution >= 4 is 6.03 Å². The number of amides is 2. The lowest BCUT2D eigenvalue weighted by Gasteiger charge is -2.50. The number of aromatic hydroxyl groups is 1. The SMILES string of the molecule is CN(CC[C@@]1(C)c2cccc(O)c2CCC1(C)C)C(=O)N1CCC(O)CC1. The Morgan fingerprint density at radius 1 is 1.26 bits per heavy atom. The van der Waals surface area contributed by atoms with Crippen LogP contribution in [-0.4, -0.2) is 58.8 Å². The molecule has 1 atom stereocenters. The number of aliphatic hydroxyl groups is 1. The fraction of sp³-hybridized carbons (Fsp3) is 0.682. The Morgan fingerprint density at radius 3 is 2.59 bits per heavy atom. The monoisotopic (exact) mass is 374 g/mol. The van der Waals surface area contributed by atoms with Gasteiger partial charge in [-0.05, 0) is 60.1 Å². The summed E-state index contributed by atoms with van der Waals surface area (Å²) >= 11 is 0. The van der Waals surface area contributed by atoms with Crippen molar-refractivity contribution in [1.82, 2.24) is 9.80 Å². The van der Waals surface area contributed by atoms with Gasteiger partial charge >= 0.3 is 6.03 Å². The fourth-order valence-corrected chi connectivity index (χ4v) is 4.69. The second-order valence-electron chi connectivity index (χ2n) is 9.19. The van der Waals surface area contributed by atoms with E-state index < -0.39 is 0 Å². The molecule has 5 heteroatoms. The van der Waals surface area contributed by atoms with Gasteiger partial charge in [-0.2, -0.15) is 0 Å². The zero-order chi connectivity index (χ0) is 19.8. The zero-order valence-electron chi connectivity index (χ0n) is 17.2. The smallest absolute Gasteiger partial charge is 0.319 e. The number of carbonyl (C=O) groups excluding carboxylic acids is 1. The van der Waals surface area contributed by atoms with Crippen molar-refractivity contribution in [3.8, 4) is 5.75 Å². The highest BCUT2D eigenvalue weighted by atomic mass is 16.3. The Labute approximate surface area is 163 Å². The van der Waals surface area contributed by atoms with Gasteiger partial charge in [0.05, 0.1) is 6.10 Å². The van der Waals surface area contributed by atoms with Crippen LogP contribution >= 0.6 is 0 Å². The quantitative estimate of drug-likeness (QED) is 0.851. The molecule has 1 saturated heterocycles. The molecule has 0 saturated carbocycles. The molecule has 0 aromatic heterocycles. The average Bonchev–Trinajstić information content (AvgIpc) is 2.63. The van der Waals surface area contributed by atoms with Crippen LogP contribution in [-0.2, 0) is 11.8 Å². The summed E-state index contributed by atoms with van der Waals surface area (Å²) in [5.41, 5.74) is 2.28. The van der Waals surface area contributed by atoms with Crippen molar-refractivity contribution in [1.29, 1.82) is 0 Å². The maximum Gasteiger partial charge on any atom is 0.319 e. The normalized spacial score (nSPS) is 25.1. The van der Waals surface area contributed by atoms with Gasteiger partial charge in [0.2, 0.25) is 0 Å². The first kappa shape index (κ1) is 20.0. The van der Waals surface area contributed by atoms with Crippen LogP contribution in [0.4, 0.5) is 4.79 Å². The van der Waals surface area contributed by atoms with Crippen molar-refractivity contribution in [2.75, 3.05) is 26.7 Å². The van der Waals surface area contributed by atoms with Gasteiger partial charge in [0.25, 0.3) is 0 Å². The second kappa shape index (κ2) is 7.34. The minimum absolute atomic E-state index is 0.0512. The zero-order valence-corrected chi connectivity index (χ0v) is 17.2. The molecule has 2 N–H and O–H groups in total. The van der Waals surface area contributed by atoms with Gasteiger partial charge in [0, 0.05) is 26.7 Å². The van der Waals surface area contributed by atoms with Gasteiger partial charge in [-0.1, -0.05) is 32.9 Å². The predicted octanol–water partition coefficient (Wildman–Crippen LogP) is 3.52. The third-order valence-electron chi connectivity index (χ3n) is 7.25. The molecular formula is C22H34N2O3. The van der Waals surface area contributed by atoms with Crippen molar-refractivity contribution in [2.45, 2.75) is 64.4 Å². The summed E-state index contributed by atoms with van der Waals surface area (Å²) in [6.45, 7) is 8.81. The van der Waals surface area contributed by atoms with Gasteiger partial charge < -0.3 is 20.0 Å². The van der Waals surface area contributed by atoms with Crippen LogP contribution in [0.15, 0.2) is 18.2 Å².